The molecule has 0 saturated heterocycles. The second-order valence-corrected chi connectivity index (χ2v) is 6.96. The van der Waals surface area contributed by atoms with Gasteiger partial charge in [-0.25, -0.2) is 9.97 Å². The van der Waals surface area contributed by atoms with Crippen LogP contribution < -0.4 is 10.6 Å². The van der Waals surface area contributed by atoms with E-state index in [4.69, 9.17) is 0 Å². The quantitative estimate of drug-likeness (QED) is 0.481. The van der Waals surface area contributed by atoms with Gasteiger partial charge < -0.3 is 10.6 Å². The van der Waals surface area contributed by atoms with E-state index in [-0.39, 0.29) is 11.9 Å². The first-order chi connectivity index (χ1) is 14.0. The van der Waals surface area contributed by atoms with Crippen molar-refractivity contribution in [2.24, 2.45) is 0 Å². The molecule has 3 N–H and O–H groups in total. The third kappa shape index (κ3) is 4.06. The van der Waals surface area contributed by atoms with Gasteiger partial charge >= 0.3 is 0 Å². The van der Waals surface area contributed by atoms with Crippen molar-refractivity contribution in [3.63, 3.8) is 0 Å². The number of aromatic nitrogens is 5. The molecule has 0 aliphatic rings. The molecule has 3 heterocycles. The number of fused-ring (bicyclic) bond motifs is 1. The number of carbonyl (C=O) groups is 1. The minimum absolute atomic E-state index is 0.0357. The lowest BCUT2D eigenvalue weighted by molar-refractivity contribution is 0.102. The van der Waals surface area contributed by atoms with Crippen LogP contribution in [0.15, 0.2) is 48.9 Å². The molecule has 1 amide bonds. The zero-order chi connectivity index (χ0) is 20.4. The molecule has 0 saturated carbocycles. The van der Waals surface area contributed by atoms with Crippen LogP contribution >= 0.6 is 0 Å². The summed E-state index contributed by atoms with van der Waals surface area (Å²) in [5.74, 6) is 0.473. The number of nitrogens with one attached hydrogen (secondary N) is 3. The van der Waals surface area contributed by atoms with Crippen LogP contribution in [0.2, 0.25) is 0 Å². The predicted molar refractivity (Wildman–Crippen MR) is 112 cm³/mol. The Balaban J connectivity index is 1.49. The topological polar surface area (TPSA) is 108 Å². The second-order valence-electron chi connectivity index (χ2n) is 6.96. The van der Waals surface area contributed by atoms with Crippen molar-refractivity contribution >= 4 is 28.6 Å². The van der Waals surface area contributed by atoms with Gasteiger partial charge in [0.1, 0.15) is 11.3 Å². The summed E-state index contributed by atoms with van der Waals surface area (Å²) in [5, 5.41) is 13.2. The molecular formula is C21H21N7O. The highest BCUT2D eigenvalue weighted by atomic mass is 16.1. The van der Waals surface area contributed by atoms with Crippen LogP contribution in [0.1, 0.15) is 40.1 Å². The molecule has 8 nitrogen and oxygen atoms in total. The van der Waals surface area contributed by atoms with E-state index in [1.54, 1.807) is 18.6 Å². The minimum Gasteiger partial charge on any atom is -0.362 e. The molecular weight excluding hydrogens is 366 g/mol. The number of H-pyrrole nitrogens is 1. The van der Waals surface area contributed by atoms with Crippen LogP contribution in [0.25, 0.3) is 11.2 Å². The van der Waals surface area contributed by atoms with Gasteiger partial charge in [0, 0.05) is 18.1 Å². The Bertz CT molecular complexity index is 1180. The zero-order valence-corrected chi connectivity index (χ0v) is 16.4. The molecule has 1 atom stereocenters. The number of benzene rings is 1. The molecule has 0 aliphatic carbocycles. The van der Waals surface area contributed by atoms with Crippen molar-refractivity contribution in [2.75, 3.05) is 10.6 Å². The normalized spacial score (nSPS) is 12.0. The summed E-state index contributed by atoms with van der Waals surface area (Å²) in [6.07, 6.45) is 4.95. The van der Waals surface area contributed by atoms with Gasteiger partial charge in [-0.05, 0) is 50.1 Å². The molecule has 0 spiro atoms. The van der Waals surface area contributed by atoms with E-state index in [2.05, 4.69) is 35.8 Å². The lowest BCUT2D eigenvalue weighted by Gasteiger charge is -2.16. The Labute approximate surface area is 167 Å². The van der Waals surface area contributed by atoms with Crippen LogP contribution in [-0.4, -0.2) is 31.1 Å². The highest BCUT2D eigenvalue weighted by Crippen LogP contribution is 2.22. The van der Waals surface area contributed by atoms with E-state index in [1.807, 2.05) is 51.1 Å². The third-order valence-corrected chi connectivity index (χ3v) is 4.59. The molecule has 4 rings (SSSR count). The highest BCUT2D eigenvalue weighted by molar-refractivity contribution is 6.04. The first-order valence-corrected chi connectivity index (χ1v) is 9.27. The smallest absolute Gasteiger partial charge is 0.257 e. The first-order valence-electron chi connectivity index (χ1n) is 9.27. The minimum atomic E-state index is -0.189. The van der Waals surface area contributed by atoms with Crippen molar-refractivity contribution in [2.45, 2.75) is 26.8 Å². The Morgan fingerprint density at radius 1 is 1.14 bits per heavy atom. The van der Waals surface area contributed by atoms with Gasteiger partial charge in [-0.15, -0.1) is 0 Å². The van der Waals surface area contributed by atoms with E-state index in [0.29, 0.717) is 17.0 Å². The summed E-state index contributed by atoms with van der Waals surface area (Å²) in [6, 6.07) is 9.48. The van der Waals surface area contributed by atoms with Crippen molar-refractivity contribution in [1.82, 2.24) is 25.1 Å². The summed E-state index contributed by atoms with van der Waals surface area (Å²) >= 11 is 0. The van der Waals surface area contributed by atoms with Crippen LogP contribution in [-0.2, 0) is 0 Å². The summed E-state index contributed by atoms with van der Waals surface area (Å²) in [6.45, 7) is 5.82. The fourth-order valence-corrected chi connectivity index (χ4v) is 3.06. The van der Waals surface area contributed by atoms with Gasteiger partial charge in [-0.1, -0.05) is 12.1 Å². The number of aryl methyl sites for hydroxylation is 2. The SMILES string of the molecule is Cc1cncc(C(=O)Nc2cccc([C@H](C)Nc3cnc4[nH]nc(C)c4n3)c2)c1. The lowest BCUT2D eigenvalue weighted by Crippen LogP contribution is -2.13. The third-order valence-electron chi connectivity index (χ3n) is 4.59. The Morgan fingerprint density at radius 3 is 2.83 bits per heavy atom. The van der Waals surface area contributed by atoms with Gasteiger partial charge in [0.05, 0.1) is 23.5 Å². The van der Waals surface area contributed by atoms with Crippen molar-refractivity contribution in [3.05, 3.63) is 71.3 Å². The maximum atomic E-state index is 12.5. The van der Waals surface area contributed by atoms with Crippen LogP contribution in [0.3, 0.4) is 0 Å². The average molecular weight is 387 g/mol. The van der Waals surface area contributed by atoms with E-state index >= 15 is 0 Å². The van der Waals surface area contributed by atoms with Crippen LogP contribution in [0.5, 0.6) is 0 Å². The number of hydrogen-bond donors (Lipinski definition) is 3. The largest absolute Gasteiger partial charge is 0.362 e. The number of pyridine rings is 1. The van der Waals surface area contributed by atoms with Crippen LogP contribution in [0.4, 0.5) is 11.5 Å². The van der Waals surface area contributed by atoms with E-state index in [0.717, 1.165) is 28.0 Å². The van der Waals surface area contributed by atoms with Gasteiger partial charge in [0.15, 0.2) is 5.65 Å². The molecule has 0 aliphatic heterocycles. The van der Waals surface area contributed by atoms with Gasteiger partial charge in [-0.3, -0.25) is 14.9 Å². The summed E-state index contributed by atoms with van der Waals surface area (Å²) < 4.78 is 0. The Kier molecular flexibility index (Phi) is 4.90. The molecule has 29 heavy (non-hydrogen) atoms. The number of amides is 1. The molecule has 4 aromatic rings. The first kappa shape index (κ1) is 18.5. The van der Waals surface area contributed by atoms with E-state index < -0.39 is 0 Å². The molecule has 0 unspecified atom stereocenters. The number of anilines is 2. The maximum absolute atomic E-state index is 12.5. The zero-order valence-electron chi connectivity index (χ0n) is 16.4. The fourth-order valence-electron chi connectivity index (χ4n) is 3.06. The maximum Gasteiger partial charge on any atom is 0.257 e. The second kappa shape index (κ2) is 7.67. The fraction of sp³-hybridized carbons (Fsp3) is 0.190. The van der Waals surface area contributed by atoms with Crippen molar-refractivity contribution in [3.8, 4) is 0 Å². The highest BCUT2D eigenvalue weighted by Gasteiger charge is 2.12. The summed E-state index contributed by atoms with van der Waals surface area (Å²) in [4.78, 5) is 25.5. The predicted octanol–water partition coefficient (Wildman–Crippen LogP) is 3.79. The standard InChI is InChI=1S/C21H21N7O/c1-12-7-16(10-22-9-12)21(29)25-17-6-4-5-15(8-17)13(2)24-18-11-23-20-19(26-18)14(3)27-28-20/h4-11,13H,1-3H3,(H,24,26)(H,25,29)(H,23,27,28)/t13-/m0/s1. The Hall–Kier alpha value is -3.81. The summed E-state index contributed by atoms with van der Waals surface area (Å²) in [5.41, 5.74) is 5.41. The molecule has 0 fully saturated rings. The molecule has 3 aromatic heterocycles. The lowest BCUT2D eigenvalue weighted by atomic mass is 10.1. The molecule has 8 heteroatoms. The number of hydrogen-bond acceptors (Lipinski definition) is 6. The molecule has 146 valence electrons. The molecule has 0 bridgehead atoms. The van der Waals surface area contributed by atoms with Crippen LogP contribution in [0, 0.1) is 13.8 Å². The molecule has 0 radical (unpaired) electrons. The average Bonchev–Trinajstić information content (AvgIpc) is 3.08. The van der Waals surface area contributed by atoms with E-state index in [1.165, 1.54) is 0 Å². The van der Waals surface area contributed by atoms with Gasteiger partial charge in [-0.2, -0.15) is 5.10 Å². The number of carbonyl (C=O) groups excluding carboxylic acids is 1. The number of rotatable bonds is 5. The molecule has 1 aromatic carbocycles. The summed E-state index contributed by atoms with van der Waals surface area (Å²) in [7, 11) is 0. The van der Waals surface area contributed by atoms with Gasteiger partial charge in [0.2, 0.25) is 0 Å². The monoisotopic (exact) mass is 387 g/mol. The van der Waals surface area contributed by atoms with Crippen molar-refractivity contribution in [1.29, 1.82) is 0 Å². The van der Waals surface area contributed by atoms with Gasteiger partial charge in [0.25, 0.3) is 5.91 Å². The van der Waals surface area contributed by atoms with Crippen molar-refractivity contribution < 1.29 is 4.79 Å². The number of nitrogens with zero attached hydrogens (tertiary/aromatic N) is 4. The number of aromatic amines is 1. The Morgan fingerprint density at radius 2 is 2.00 bits per heavy atom. The van der Waals surface area contributed by atoms with E-state index in [9.17, 15) is 4.79 Å².